The highest BCUT2D eigenvalue weighted by atomic mass is 19.1. The molecule has 7 nitrogen and oxygen atoms in total. The third kappa shape index (κ3) is 4.26. The lowest BCUT2D eigenvalue weighted by Crippen LogP contribution is -2.46. The fourth-order valence-electron chi connectivity index (χ4n) is 4.22. The van der Waals surface area contributed by atoms with Gasteiger partial charge in [0.2, 0.25) is 5.82 Å². The number of carbonyl (C=O) groups excluding carboxylic acids is 1. The lowest BCUT2D eigenvalue weighted by atomic mass is 9.94. The maximum Gasteiger partial charge on any atom is 0.326 e. The Morgan fingerprint density at radius 1 is 1.03 bits per heavy atom. The summed E-state index contributed by atoms with van der Waals surface area (Å²) in [5.74, 6) is 0.890. The molecule has 1 atom stereocenters. The smallest absolute Gasteiger partial charge is 0.326 e. The van der Waals surface area contributed by atoms with Gasteiger partial charge < -0.3 is 14.6 Å². The van der Waals surface area contributed by atoms with Crippen LogP contribution < -0.4 is 15.0 Å². The Labute approximate surface area is 201 Å². The Kier molecular flexibility index (Phi) is 5.78. The molecular weight excluding hydrogens is 447 g/mol. The van der Waals surface area contributed by atoms with Crippen molar-refractivity contribution in [1.82, 2.24) is 15.5 Å². The topological polar surface area (TPSA) is 80.5 Å². The SMILES string of the molecule is COc1cccc(C2NC(=O)N(c3cccc(C)c3)C(C)=C2c2nc(-c3ccc(F)cc3)no2)c1. The Bertz CT molecular complexity index is 1430. The molecule has 0 bridgehead atoms. The first-order valence-electron chi connectivity index (χ1n) is 11.1. The number of urea groups is 1. The number of hydrogen-bond acceptors (Lipinski definition) is 5. The van der Waals surface area contributed by atoms with Crippen LogP contribution in [0.5, 0.6) is 5.75 Å². The Hall–Kier alpha value is -4.46. The zero-order valence-electron chi connectivity index (χ0n) is 19.4. The normalized spacial score (nSPS) is 15.8. The second-order valence-corrected chi connectivity index (χ2v) is 8.26. The number of benzene rings is 3. The summed E-state index contributed by atoms with van der Waals surface area (Å²) >= 11 is 0. The Morgan fingerprint density at radius 3 is 2.54 bits per heavy atom. The molecular formula is C27H23FN4O3. The van der Waals surface area contributed by atoms with Gasteiger partial charge in [-0.1, -0.05) is 29.4 Å². The number of halogens is 1. The highest BCUT2D eigenvalue weighted by Crippen LogP contribution is 2.39. The highest BCUT2D eigenvalue weighted by Gasteiger charge is 2.36. The molecule has 0 aliphatic carbocycles. The van der Waals surface area contributed by atoms with Crippen molar-refractivity contribution in [2.75, 3.05) is 12.0 Å². The van der Waals surface area contributed by atoms with Crippen LogP contribution in [-0.2, 0) is 0 Å². The number of ether oxygens (including phenoxy) is 1. The van der Waals surface area contributed by atoms with Gasteiger partial charge in [0.05, 0.1) is 24.4 Å². The molecule has 3 aromatic carbocycles. The van der Waals surface area contributed by atoms with Crippen LogP contribution in [0.4, 0.5) is 14.9 Å². The molecule has 0 fully saturated rings. The minimum absolute atomic E-state index is 0.257. The summed E-state index contributed by atoms with van der Waals surface area (Å²) < 4.78 is 24.5. The van der Waals surface area contributed by atoms with Gasteiger partial charge in [0, 0.05) is 11.3 Å². The zero-order valence-corrected chi connectivity index (χ0v) is 19.4. The number of aryl methyl sites for hydroxylation is 1. The van der Waals surface area contributed by atoms with Crippen LogP contribution in [0.25, 0.3) is 17.0 Å². The summed E-state index contributed by atoms with van der Waals surface area (Å²) in [6.07, 6.45) is 0. The molecule has 0 radical (unpaired) electrons. The molecule has 2 amide bonds. The van der Waals surface area contributed by atoms with Crippen molar-refractivity contribution in [3.8, 4) is 17.1 Å². The maximum atomic E-state index is 13.4. The molecule has 1 N–H and O–H groups in total. The summed E-state index contributed by atoms with van der Waals surface area (Å²) in [7, 11) is 1.59. The molecule has 35 heavy (non-hydrogen) atoms. The van der Waals surface area contributed by atoms with E-state index in [0.717, 1.165) is 16.8 Å². The van der Waals surface area contributed by atoms with Gasteiger partial charge >= 0.3 is 6.03 Å². The van der Waals surface area contributed by atoms with E-state index in [0.29, 0.717) is 28.4 Å². The van der Waals surface area contributed by atoms with E-state index in [4.69, 9.17) is 9.26 Å². The fourth-order valence-corrected chi connectivity index (χ4v) is 4.22. The average Bonchev–Trinajstić information content (AvgIpc) is 3.34. The van der Waals surface area contributed by atoms with Crippen LogP contribution >= 0.6 is 0 Å². The van der Waals surface area contributed by atoms with E-state index in [1.54, 1.807) is 24.1 Å². The maximum absolute atomic E-state index is 13.4. The molecule has 2 heterocycles. The van der Waals surface area contributed by atoms with E-state index in [1.807, 2.05) is 62.4 Å². The van der Waals surface area contributed by atoms with Crippen molar-refractivity contribution in [2.24, 2.45) is 0 Å². The summed E-state index contributed by atoms with van der Waals surface area (Å²) in [5, 5.41) is 7.20. The summed E-state index contributed by atoms with van der Waals surface area (Å²) in [6.45, 7) is 3.82. The molecule has 1 aliphatic rings. The lowest BCUT2D eigenvalue weighted by Gasteiger charge is -2.35. The van der Waals surface area contributed by atoms with Gasteiger partial charge in [-0.15, -0.1) is 0 Å². The number of nitrogens with one attached hydrogen (secondary N) is 1. The van der Waals surface area contributed by atoms with Gasteiger partial charge in [0.15, 0.2) is 0 Å². The van der Waals surface area contributed by atoms with Gasteiger partial charge in [0.1, 0.15) is 11.6 Å². The highest BCUT2D eigenvalue weighted by molar-refractivity contribution is 6.01. The van der Waals surface area contributed by atoms with E-state index >= 15 is 0 Å². The molecule has 176 valence electrons. The van der Waals surface area contributed by atoms with Crippen molar-refractivity contribution in [3.05, 3.63) is 101 Å². The van der Waals surface area contributed by atoms with Crippen LogP contribution in [0.2, 0.25) is 0 Å². The van der Waals surface area contributed by atoms with Crippen LogP contribution in [0, 0.1) is 12.7 Å². The van der Waals surface area contributed by atoms with Gasteiger partial charge in [-0.2, -0.15) is 4.98 Å². The van der Waals surface area contributed by atoms with Crippen LogP contribution in [0.15, 0.2) is 83.0 Å². The Morgan fingerprint density at radius 2 is 1.80 bits per heavy atom. The number of allylic oxidation sites excluding steroid dienone is 1. The van der Waals surface area contributed by atoms with Crippen molar-refractivity contribution >= 4 is 17.3 Å². The second-order valence-electron chi connectivity index (χ2n) is 8.26. The summed E-state index contributed by atoms with van der Waals surface area (Å²) in [5.41, 5.74) is 4.47. The number of carbonyl (C=O) groups is 1. The van der Waals surface area contributed by atoms with Gasteiger partial charge in [0.25, 0.3) is 5.89 Å². The Balaban J connectivity index is 1.66. The molecule has 4 aromatic rings. The first-order valence-corrected chi connectivity index (χ1v) is 11.1. The zero-order chi connectivity index (χ0) is 24.5. The predicted octanol–water partition coefficient (Wildman–Crippen LogP) is 5.89. The molecule has 0 spiro atoms. The predicted molar refractivity (Wildman–Crippen MR) is 130 cm³/mol. The van der Waals surface area contributed by atoms with Crippen LogP contribution in [0.1, 0.15) is 30.0 Å². The molecule has 1 aromatic heterocycles. The van der Waals surface area contributed by atoms with E-state index in [2.05, 4.69) is 15.5 Å². The number of hydrogen-bond donors (Lipinski definition) is 1. The van der Waals surface area contributed by atoms with Crippen LogP contribution in [-0.4, -0.2) is 23.3 Å². The van der Waals surface area contributed by atoms with E-state index in [9.17, 15) is 9.18 Å². The first-order chi connectivity index (χ1) is 16.9. The minimum atomic E-state index is -0.555. The number of aromatic nitrogens is 2. The number of nitrogens with zero attached hydrogens (tertiary/aromatic N) is 3. The van der Waals surface area contributed by atoms with Gasteiger partial charge in [-0.25, -0.2) is 9.18 Å². The largest absolute Gasteiger partial charge is 0.497 e. The quantitative estimate of drug-likeness (QED) is 0.393. The van der Waals surface area contributed by atoms with E-state index in [1.165, 1.54) is 12.1 Å². The van der Waals surface area contributed by atoms with Crippen molar-refractivity contribution < 1.29 is 18.4 Å². The molecule has 1 unspecified atom stereocenters. The second kappa shape index (κ2) is 9.06. The van der Waals surface area contributed by atoms with Crippen LogP contribution in [0.3, 0.4) is 0 Å². The monoisotopic (exact) mass is 470 g/mol. The van der Waals surface area contributed by atoms with Gasteiger partial charge in [-0.3, -0.25) is 4.90 Å². The lowest BCUT2D eigenvalue weighted by molar-refractivity contribution is 0.244. The standard InChI is InChI=1S/C27H23FN4O3/c1-16-6-4-8-21(14-16)32-17(2)23(24(29-27(32)33)19-7-5-9-22(15-19)34-3)26-30-25(31-35-26)18-10-12-20(28)13-11-18/h4-15,24H,1-3H3,(H,29,33). The van der Waals surface area contributed by atoms with E-state index < -0.39 is 6.04 Å². The average molecular weight is 471 g/mol. The molecule has 1 aliphatic heterocycles. The van der Waals surface area contributed by atoms with Crippen molar-refractivity contribution in [2.45, 2.75) is 19.9 Å². The number of anilines is 1. The fraction of sp³-hybridized carbons (Fsp3) is 0.148. The number of rotatable bonds is 5. The number of methoxy groups -OCH3 is 1. The van der Waals surface area contributed by atoms with Gasteiger partial charge in [-0.05, 0) is 73.5 Å². The third-order valence-electron chi connectivity index (χ3n) is 5.93. The molecule has 5 rings (SSSR count). The number of amides is 2. The molecule has 0 saturated carbocycles. The van der Waals surface area contributed by atoms with E-state index in [-0.39, 0.29) is 17.7 Å². The molecule has 8 heteroatoms. The minimum Gasteiger partial charge on any atom is -0.497 e. The van der Waals surface area contributed by atoms with Crippen molar-refractivity contribution in [1.29, 1.82) is 0 Å². The summed E-state index contributed by atoms with van der Waals surface area (Å²) in [6, 6.07) is 20.2. The first kappa shape index (κ1) is 22.3. The third-order valence-corrected chi connectivity index (χ3v) is 5.93. The summed E-state index contributed by atoms with van der Waals surface area (Å²) in [4.78, 5) is 19.5. The van der Waals surface area contributed by atoms with Crippen molar-refractivity contribution in [3.63, 3.8) is 0 Å². The molecule has 0 saturated heterocycles.